The van der Waals surface area contributed by atoms with Crippen LogP contribution in [0.3, 0.4) is 0 Å². The molecule has 2 N–H and O–H groups in total. The van der Waals surface area contributed by atoms with Crippen LogP contribution in [0, 0.1) is 0 Å². The van der Waals surface area contributed by atoms with E-state index < -0.39 is 5.91 Å². The van der Waals surface area contributed by atoms with Gasteiger partial charge in [-0.25, -0.2) is 5.48 Å². The fourth-order valence-electron chi connectivity index (χ4n) is 3.09. The van der Waals surface area contributed by atoms with Gasteiger partial charge in [0, 0.05) is 17.8 Å². The number of anilines is 1. The molecule has 0 bridgehead atoms. The smallest absolute Gasteiger partial charge is 0.294 e. The molecule has 1 aromatic heterocycles. The number of carbonyl (C=O) groups is 2. The lowest BCUT2D eigenvalue weighted by atomic mass is 10.1. The highest BCUT2D eigenvalue weighted by Gasteiger charge is 2.20. The van der Waals surface area contributed by atoms with Crippen LogP contribution in [-0.4, -0.2) is 49.2 Å². The number of hydrogen-bond donors (Lipinski definition) is 2. The maximum Gasteiger partial charge on any atom is 0.294 e. The summed E-state index contributed by atoms with van der Waals surface area (Å²) in [5.41, 5.74) is 3.72. The Morgan fingerprint density at radius 1 is 1.06 bits per heavy atom. The first-order valence-electron chi connectivity index (χ1n) is 9.74. The molecule has 0 aliphatic carbocycles. The third kappa shape index (κ3) is 6.58. The molecule has 0 atom stereocenters. The highest BCUT2D eigenvalue weighted by Crippen LogP contribution is 2.20. The molecule has 0 aliphatic rings. The lowest BCUT2D eigenvalue weighted by Crippen LogP contribution is -2.34. The van der Waals surface area contributed by atoms with Gasteiger partial charge in [-0.15, -0.1) is 12.4 Å². The molecule has 170 valence electrons. The van der Waals surface area contributed by atoms with E-state index in [2.05, 4.69) is 4.90 Å². The Kier molecular flexibility index (Phi) is 9.27. The van der Waals surface area contributed by atoms with E-state index in [4.69, 9.17) is 14.4 Å². The second-order valence-corrected chi connectivity index (χ2v) is 7.16. The Balaban J connectivity index is 0.00000363. The van der Waals surface area contributed by atoms with Crippen molar-refractivity contribution in [2.45, 2.75) is 6.54 Å². The van der Waals surface area contributed by atoms with Gasteiger partial charge >= 0.3 is 0 Å². The van der Waals surface area contributed by atoms with Crippen LogP contribution in [0.25, 0.3) is 0 Å². The maximum atomic E-state index is 13.0. The van der Waals surface area contributed by atoms with E-state index in [-0.39, 0.29) is 30.7 Å². The molecule has 0 fully saturated rings. The largest absolute Gasteiger partial charge is 0.492 e. The molecular weight excluding hydrogens is 434 g/mol. The predicted molar refractivity (Wildman–Crippen MR) is 123 cm³/mol. The zero-order chi connectivity index (χ0) is 22.2. The molecule has 1 heterocycles. The highest BCUT2D eigenvalue weighted by atomic mass is 35.5. The summed E-state index contributed by atoms with van der Waals surface area (Å²) in [4.78, 5) is 28.1. The molecule has 0 spiro atoms. The molecule has 0 radical (unpaired) electrons. The molecule has 0 unspecified atom stereocenters. The van der Waals surface area contributed by atoms with Crippen molar-refractivity contribution >= 4 is 29.9 Å². The van der Waals surface area contributed by atoms with E-state index in [1.807, 2.05) is 38.4 Å². The molecule has 8 nitrogen and oxygen atoms in total. The Morgan fingerprint density at radius 3 is 2.44 bits per heavy atom. The van der Waals surface area contributed by atoms with Crippen LogP contribution in [0.2, 0.25) is 0 Å². The molecule has 0 saturated heterocycles. The number of amides is 2. The lowest BCUT2D eigenvalue weighted by Gasteiger charge is -2.23. The lowest BCUT2D eigenvalue weighted by molar-refractivity contribution is 0.0706. The zero-order valence-electron chi connectivity index (χ0n) is 17.9. The van der Waals surface area contributed by atoms with E-state index in [1.165, 1.54) is 18.4 Å². The summed E-state index contributed by atoms with van der Waals surface area (Å²) in [5.74, 6) is -0.0661. The van der Waals surface area contributed by atoms with Gasteiger partial charge in [-0.1, -0.05) is 12.1 Å². The van der Waals surface area contributed by atoms with Crippen molar-refractivity contribution in [3.05, 3.63) is 83.8 Å². The highest BCUT2D eigenvalue weighted by molar-refractivity contribution is 6.04. The third-order valence-corrected chi connectivity index (χ3v) is 4.50. The van der Waals surface area contributed by atoms with Crippen molar-refractivity contribution in [2.75, 3.05) is 32.1 Å². The van der Waals surface area contributed by atoms with Crippen LogP contribution in [0.1, 0.15) is 26.5 Å². The van der Waals surface area contributed by atoms with Gasteiger partial charge < -0.3 is 19.0 Å². The van der Waals surface area contributed by atoms with E-state index in [0.29, 0.717) is 17.9 Å². The fraction of sp³-hybridized carbons (Fsp3) is 0.217. The van der Waals surface area contributed by atoms with Crippen molar-refractivity contribution < 1.29 is 24.0 Å². The molecule has 2 amide bonds. The Labute approximate surface area is 192 Å². The van der Waals surface area contributed by atoms with E-state index >= 15 is 0 Å². The number of benzene rings is 2. The number of furan rings is 1. The minimum Gasteiger partial charge on any atom is -0.492 e. The Morgan fingerprint density at radius 2 is 1.81 bits per heavy atom. The van der Waals surface area contributed by atoms with E-state index in [1.54, 1.807) is 34.6 Å². The maximum absolute atomic E-state index is 13.0. The molecule has 0 saturated carbocycles. The summed E-state index contributed by atoms with van der Waals surface area (Å²) in [6, 6.07) is 17.4. The van der Waals surface area contributed by atoms with Crippen LogP contribution < -0.4 is 15.1 Å². The standard InChI is InChI=1S/C23H25N3O5.ClH/c1-25(2)16-17-5-3-6-19(15-17)26(23(28)21-7-4-13-31-21)12-14-30-20-10-8-18(9-11-20)22(27)24-29;/h3-11,13,15,29H,12,14,16H2,1-2H3,(H,24,27);1H. The topological polar surface area (TPSA) is 95.3 Å². The zero-order valence-corrected chi connectivity index (χ0v) is 18.7. The number of carbonyl (C=O) groups excluding carboxylic acids is 2. The number of hydrogen-bond acceptors (Lipinski definition) is 6. The average molecular weight is 460 g/mol. The quantitative estimate of drug-likeness (QED) is 0.375. The number of nitrogens with zero attached hydrogens (tertiary/aromatic N) is 2. The van der Waals surface area contributed by atoms with Gasteiger partial charge in [0.25, 0.3) is 11.8 Å². The number of rotatable bonds is 9. The third-order valence-electron chi connectivity index (χ3n) is 4.50. The molecule has 32 heavy (non-hydrogen) atoms. The van der Waals surface area contributed by atoms with Crippen LogP contribution in [0.15, 0.2) is 71.3 Å². The monoisotopic (exact) mass is 459 g/mol. The first-order valence-corrected chi connectivity index (χ1v) is 9.74. The van der Waals surface area contributed by atoms with Gasteiger partial charge in [-0.3, -0.25) is 14.8 Å². The average Bonchev–Trinajstić information content (AvgIpc) is 3.31. The van der Waals surface area contributed by atoms with Gasteiger partial charge in [-0.2, -0.15) is 0 Å². The number of ether oxygens (including phenoxy) is 1. The van der Waals surface area contributed by atoms with Crippen LogP contribution >= 0.6 is 12.4 Å². The number of hydroxylamine groups is 1. The second-order valence-electron chi connectivity index (χ2n) is 7.16. The molecular formula is C23H26ClN3O5. The second kappa shape index (κ2) is 11.9. The van der Waals surface area contributed by atoms with E-state index in [0.717, 1.165) is 17.8 Å². The van der Waals surface area contributed by atoms with Crippen molar-refractivity contribution in [1.29, 1.82) is 0 Å². The molecule has 3 aromatic rings. The molecule has 2 aromatic carbocycles. The van der Waals surface area contributed by atoms with Crippen LogP contribution in [0.4, 0.5) is 5.69 Å². The van der Waals surface area contributed by atoms with Crippen molar-refractivity contribution in [3.8, 4) is 5.75 Å². The van der Waals surface area contributed by atoms with Gasteiger partial charge in [0.2, 0.25) is 0 Å². The molecule has 9 heteroatoms. The Bertz CT molecular complexity index is 1010. The minimum absolute atomic E-state index is 0. The summed E-state index contributed by atoms with van der Waals surface area (Å²) in [6.07, 6.45) is 1.47. The SMILES string of the molecule is CN(C)Cc1cccc(N(CCOc2ccc(C(=O)NO)cc2)C(=O)c2ccco2)c1.Cl. The van der Waals surface area contributed by atoms with E-state index in [9.17, 15) is 9.59 Å². The normalized spacial score (nSPS) is 10.4. The molecule has 0 aliphatic heterocycles. The van der Waals surface area contributed by atoms with Crippen molar-refractivity contribution in [3.63, 3.8) is 0 Å². The summed E-state index contributed by atoms with van der Waals surface area (Å²) in [5, 5.41) is 8.69. The van der Waals surface area contributed by atoms with Crippen LogP contribution in [0.5, 0.6) is 5.75 Å². The van der Waals surface area contributed by atoms with Crippen molar-refractivity contribution in [2.24, 2.45) is 0 Å². The summed E-state index contributed by atoms with van der Waals surface area (Å²) in [7, 11) is 3.98. The van der Waals surface area contributed by atoms with Crippen LogP contribution in [-0.2, 0) is 6.54 Å². The minimum atomic E-state index is -0.598. The van der Waals surface area contributed by atoms with Crippen molar-refractivity contribution in [1.82, 2.24) is 10.4 Å². The van der Waals surface area contributed by atoms with Gasteiger partial charge in [0.15, 0.2) is 5.76 Å². The summed E-state index contributed by atoms with van der Waals surface area (Å²) >= 11 is 0. The first kappa shape index (κ1) is 24.9. The molecule has 3 rings (SSSR count). The summed E-state index contributed by atoms with van der Waals surface area (Å²) in [6.45, 7) is 1.28. The number of nitrogens with one attached hydrogen (secondary N) is 1. The first-order chi connectivity index (χ1) is 15.0. The fourth-order valence-corrected chi connectivity index (χ4v) is 3.09. The van der Waals surface area contributed by atoms with Gasteiger partial charge in [0.1, 0.15) is 12.4 Å². The van der Waals surface area contributed by atoms with Gasteiger partial charge in [-0.05, 0) is 68.2 Å². The van der Waals surface area contributed by atoms with Gasteiger partial charge in [0.05, 0.1) is 12.8 Å². The Hall–Kier alpha value is -3.33. The number of halogens is 1. The summed E-state index contributed by atoms with van der Waals surface area (Å²) < 4.78 is 11.1. The predicted octanol–water partition coefficient (Wildman–Crippen LogP) is 3.61.